The minimum Gasteiger partial charge on any atom is -0.495 e. The van der Waals surface area contributed by atoms with Crippen molar-refractivity contribution in [3.63, 3.8) is 0 Å². The predicted octanol–water partition coefficient (Wildman–Crippen LogP) is 2.74. The summed E-state index contributed by atoms with van der Waals surface area (Å²) in [5.41, 5.74) is 1.70. The SMILES string of the molecule is COc1cc(Br)cc(C)c1NC(=O)[C@H]1CCOC1. The molecule has 0 unspecified atom stereocenters. The summed E-state index contributed by atoms with van der Waals surface area (Å²) < 4.78 is 11.4. The number of aryl methyl sites for hydroxylation is 1. The van der Waals surface area contributed by atoms with E-state index in [2.05, 4.69) is 21.2 Å². The average molecular weight is 314 g/mol. The molecule has 1 aliphatic heterocycles. The third-order valence-corrected chi connectivity index (χ3v) is 3.49. The van der Waals surface area contributed by atoms with Crippen molar-refractivity contribution in [3.8, 4) is 5.75 Å². The highest BCUT2D eigenvalue weighted by atomic mass is 79.9. The van der Waals surface area contributed by atoms with Crippen LogP contribution in [-0.2, 0) is 9.53 Å². The third kappa shape index (κ3) is 2.84. The smallest absolute Gasteiger partial charge is 0.230 e. The second kappa shape index (κ2) is 5.71. The lowest BCUT2D eigenvalue weighted by Crippen LogP contribution is -2.23. The summed E-state index contributed by atoms with van der Waals surface area (Å²) in [6.07, 6.45) is 0.781. The maximum Gasteiger partial charge on any atom is 0.230 e. The van der Waals surface area contributed by atoms with Crippen molar-refractivity contribution in [1.82, 2.24) is 0 Å². The van der Waals surface area contributed by atoms with Gasteiger partial charge < -0.3 is 14.8 Å². The number of anilines is 1. The summed E-state index contributed by atoms with van der Waals surface area (Å²) in [7, 11) is 1.59. The van der Waals surface area contributed by atoms with E-state index in [0.29, 0.717) is 19.0 Å². The standard InChI is InChI=1S/C13H16BrNO3/c1-8-5-10(14)6-11(17-2)12(8)15-13(16)9-3-4-18-7-9/h5-6,9H,3-4,7H2,1-2H3,(H,15,16)/t9-/m0/s1. The number of halogens is 1. The van der Waals surface area contributed by atoms with Crippen LogP contribution in [0, 0.1) is 12.8 Å². The van der Waals surface area contributed by atoms with Gasteiger partial charge in [0.1, 0.15) is 5.75 Å². The molecule has 2 rings (SSSR count). The summed E-state index contributed by atoms with van der Waals surface area (Å²) >= 11 is 3.41. The number of carbonyl (C=O) groups is 1. The quantitative estimate of drug-likeness (QED) is 0.933. The lowest BCUT2D eigenvalue weighted by molar-refractivity contribution is -0.119. The fourth-order valence-electron chi connectivity index (χ4n) is 2.00. The van der Waals surface area contributed by atoms with Crippen LogP contribution in [0.2, 0.25) is 0 Å². The van der Waals surface area contributed by atoms with E-state index in [9.17, 15) is 4.79 Å². The van der Waals surface area contributed by atoms with Gasteiger partial charge in [0, 0.05) is 11.1 Å². The second-order valence-electron chi connectivity index (χ2n) is 4.35. The molecule has 0 bridgehead atoms. The van der Waals surface area contributed by atoms with Gasteiger partial charge in [0.15, 0.2) is 0 Å². The summed E-state index contributed by atoms with van der Waals surface area (Å²) in [6, 6.07) is 3.79. The molecule has 0 aliphatic carbocycles. The summed E-state index contributed by atoms with van der Waals surface area (Å²) in [5, 5.41) is 2.93. The normalized spacial score (nSPS) is 18.7. The molecule has 1 aliphatic rings. The van der Waals surface area contributed by atoms with Crippen molar-refractivity contribution in [2.24, 2.45) is 5.92 Å². The Morgan fingerprint density at radius 3 is 2.94 bits per heavy atom. The van der Waals surface area contributed by atoms with Crippen LogP contribution in [0.5, 0.6) is 5.75 Å². The number of carbonyl (C=O) groups excluding carboxylic acids is 1. The first-order valence-electron chi connectivity index (χ1n) is 5.84. The van der Waals surface area contributed by atoms with Gasteiger partial charge in [-0.25, -0.2) is 0 Å². The molecule has 5 heteroatoms. The molecule has 18 heavy (non-hydrogen) atoms. The van der Waals surface area contributed by atoms with Gasteiger partial charge in [-0.1, -0.05) is 15.9 Å². The number of hydrogen-bond donors (Lipinski definition) is 1. The van der Waals surface area contributed by atoms with Gasteiger partial charge in [0.05, 0.1) is 25.3 Å². The average Bonchev–Trinajstić information content (AvgIpc) is 2.85. The van der Waals surface area contributed by atoms with E-state index in [4.69, 9.17) is 9.47 Å². The van der Waals surface area contributed by atoms with Gasteiger partial charge in [-0.2, -0.15) is 0 Å². The molecule has 0 saturated carbocycles. The fraction of sp³-hybridized carbons (Fsp3) is 0.462. The number of ether oxygens (including phenoxy) is 2. The molecule has 98 valence electrons. The van der Waals surface area contributed by atoms with Crippen LogP contribution in [0.4, 0.5) is 5.69 Å². The van der Waals surface area contributed by atoms with Gasteiger partial charge in [0.25, 0.3) is 0 Å². The molecule has 1 fully saturated rings. The highest BCUT2D eigenvalue weighted by molar-refractivity contribution is 9.10. The maximum absolute atomic E-state index is 12.1. The monoisotopic (exact) mass is 313 g/mol. The van der Waals surface area contributed by atoms with E-state index in [1.807, 2.05) is 19.1 Å². The molecule has 1 aromatic carbocycles. The van der Waals surface area contributed by atoms with Crippen molar-refractivity contribution in [1.29, 1.82) is 0 Å². The van der Waals surface area contributed by atoms with Gasteiger partial charge in [-0.15, -0.1) is 0 Å². The zero-order chi connectivity index (χ0) is 13.1. The fourth-order valence-corrected chi connectivity index (χ4v) is 2.55. The minimum atomic E-state index is -0.0576. The lowest BCUT2D eigenvalue weighted by Gasteiger charge is -2.15. The van der Waals surface area contributed by atoms with Crippen molar-refractivity contribution < 1.29 is 14.3 Å². The first kappa shape index (κ1) is 13.4. The van der Waals surface area contributed by atoms with Crippen LogP contribution in [0.3, 0.4) is 0 Å². The third-order valence-electron chi connectivity index (χ3n) is 3.03. The number of methoxy groups -OCH3 is 1. The van der Waals surface area contributed by atoms with Crippen LogP contribution in [0.1, 0.15) is 12.0 Å². The second-order valence-corrected chi connectivity index (χ2v) is 5.27. The molecular formula is C13H16BrNO3. The number of benzene rings is 1. The van der Waals surface area contributed by atoms with E-state index in [1.54, 1.807) is 7.11 Å². The maximum atomic E-state index is 12.1. The zero-order valence-corrected chi connectivity index (χ0v) is 12.0. The molecule has 4 nitrogen and oxygen atoms in total. The molecule has 0 radical (unpaired) electrons. The van der Waals surface area contributed by atoms with Crippen LogP contribution in [0.25, 0.3) is 0 Å². The van der Waals surface area contributed by atoms with Gasteiger partial charge >= 0.3 is 0 Å². The van der Waals surface area contributed by atoms with Crippen molar-refractivity contribution >= 4 is 27.5 Å². The van der Waals surface area contributed by atoms with E-state index in [-0.39, 0.29) is 11.8 Å². The van der Waals surface area contributed by atoms with E-state index < -0.39 is 0 Å². The Balaban J connectivity index is 2.19. The number of rotatable bonds is 3. The van der Waals surface area contributed by atoms with Gasteiger partial charge in [0.2, 0.25) is 5.91 Å². The van der Waals surface area contributed by atoms with Crippen LogP contribution in [-0.4, -0.2) is 26.2 Å². The zero-order valence-electron chi connectivity index (χ0n) is 10.5. The summed E-state index contributed by atoms with van der Waals surface area (Å²) in [5.74, 6) is 0.600. The van der Waals surface area contributed by atoms with E-state index in [0.717, 1.165) is 22.1 Å². The Morgan fingerprint density at radius 1 is 1.56 bits per heavy atom. The largest absolute Gasteiger partial charge is 0.495 e. The molecule has 1 heterocycles. The highest BCUT2D eigenvalue weighted by Gasteiger charge is 2.24. The minimum absolute atomic E-state index is 0.00350. The Hall–Kier alpha value is -1.07. The Kier molecular flexibility index (Phi) is 4.24. The summed E-state index contributed by atoms with van der Waals surface area (Å²) in [4.78, 5) is 12.1. The van der Waals surface area contributed by atoms with Crippen LogP contribution in [0.15, 0.2) is 16.6 Å². The molecule has 0 spiro atoms. The number of hydrogen-bond acceptors (Lipinski definition) is 3. The van der Waals surface area contributed by atoms with Gasteiger partial charge in [-0.3, -0.25) is 4.79 Å². The number of nitrogens with one attached hydrogen (secondary N) is 1. The van der Waals surface area contributed by atoms with E-state index in [1.165, 1.54) is 0 Å². The molecule has 1 atom stereocenters. The molecular weight excluding hydrogens is 298 g/mol. The van der Waals surface area contributed by atoms with Crippen molar-refractivity contribution in [2.45, 2.75) is 13.3 Å². The first-order chi connectivity index (χ1) is 8.61. The summed E-state index contributed by atoms with van der Waals surface area (Å²) in [6.45, 7) is 3.10. The van der Waals surface area contributed by atoms with Gasteiger partial charge in [-0.05, 0) is 31.0 Å². The molecule has 1 N–H and O–H groups in total. The molecule has 1 amide bonds. The predicted molar refractivity (Wildman–Crippen MR) is 73.0 cm³/mol. The first-order valence-corrected chi connectivity index (χ1v) is 6.64. The Bertz CT molecular complexity index is 456. The Labute approximate surface area is 115 Å². The molecule has 1 saturated heterocycles. The van der Waals surface area contributed by atoms with Crippen molar-refractivity contribution in [2.75, 3.05) is 25.6 Å². The van der Waals surface area contributed by atoms with E-state index >= 15 is 0 Å². The highest BCUT2D eigenvalue weighted by Crippen LogP contribution is 2.32. The molecule has 0 aromatic heterocycles. The number of amides is 1. The Morgan fingerprint density at radius 2 is 2.33 bits per heavy atom. The van der Waals surface area contributed by atoms with Crippen LogP contribution >= 0.6 is 15.9 Å². The lowest BCUT2D eigenvalue weighted by atomic mass is 10.1. The van der Waals surface area contributed by atoms with Crippen LogP contribution < -0.4 is 10.1 Å². The van der Waals surface area contributed by atoms with Crippen molar-refractivity contribution in [3.05, 3.63) is 22.2 Å². The topological polar surface area (TPSA) is 47.6 Å². The molecule has 1 aromatic rings.